The fourth-order valence-corrected chi connectivity index (χ4v) is 2.64. The van der Waals surface area contributed by atoms with Crippen LogP contribution >= 0.6 is 0 Å². The molecule has 0 aromatic heterocycles. The summed E-state index contributed by atoms with van der Waals surface area (Å²) in [5.41, 5.74) is 0.372. The van der Waals surface area contributed by atoms with E-state index in [1.54, 1.807) is 14.2 Å². The lowest BCUT2D eigenvalue weighted by Gasteiger charge is -2.37. The molecule has 0 spiro atoms. The van der Waals surface area contributed by atoms with E-state index < -0.39 is 0 Å². The lowest BCUT2D eigenvalue weighted by Crippen LogP contribution is -2.40. The molecule has 0 aliphatic carbocycles. The maximum absolute atomic E-state index is 5.56. The topological polar surface area (TPSA) is 49.0 Å². The maximum Gasteiger partial charge on any atom is 0.0700 e. The zero-order chi connectivity index (χ0) is 14.5. The molecular weight excluding hydrogens is 258 g/mol. The molecule has 0 unspecified atom stereocenters. The van der Waals surface area contributed by atoms with Gasteiger partial charge < -0.3 is 24.3 Å². The lowest BCUT2D eigenvalue weighted by molar-refractivity contribution is 0.00223. The van der Waals surface area contributed by atoms with E-state index >= 15 is 0 Å². The van der Waals surface area contributed by atoms with E-state index in [2.05, 4.69) is 5.32 Å². The molecule has 1 aliphatic heterocycles. The Balaban J connectivity index is 2.20. The van der Waals surface area contributed by atoms with Crippen LogP contribution < -0.4 is 5.32 Å². The molecule has 0 aromatic carbocycles. The van der Waals surface area contributed by atoms with E-state index in [-0.39, 0.29) is 0 Å². The molecule has 1 heterocycles. The van der Waals surface area contributed by atoms with Crippen molar-refractivity contribution in [3.63, 3.8) is 0 Å². The minimum Gasteiger partial charge on any atom is -0.383 e. The summed E-state index contributed by atoms with van der Waals surface area (Å²) in [6.07, 6.45) is 4.59. The number of nitrogens with one attached hydrogen (secondary N) is 1. The Morgan fingerprint density at radius 1 is 1.00 bits per heavy atom. The first-order valence-electron chi connectivity index (χ1n) is 7.67. The highest BCUT2D eigenvalue weighted by molar-refractivity contribution is 4.84. The van der Waals surface area contributed by atoms with Gasteiger partial charge in [-0.1, -0.05) is 0 Å². The molecule has 5 heteroatoms. The van der Waals surface area contributed by atoms with Crippen LogP contribution in [0, 0.1) is 5.41 Å². The molecule has 1 saturated heterocycles. The highest BCUT2D eigenvalue weighted by Crippen LogP contribution is 2.34. The summed E-state index contributed by atoms with van der Waals surface area (Å²) < 4.78 is 21.1. The Morgan fingerprint density at radius 3 is 2.45 bits per heavy atom. The van der Waals surface area contributed by atoms with Crippen molar-refractivity contribution in [1.82, 2.24) is 5.32 Å². The van der Waals surface area contributed by atoms with Gasteiger partial charge in [-0.3, -0.25) is 0 Å². The van der Waals surface area contributed by atoms with E-state index in [0.29, 0.717) is 18.6 Å². The first-order valence-corrected chi connectivity index (χ1v) is 7.67. The molecule has 0 saturated carbocycles. The van der Waals surface area contributed by atoms with Gasteiger partial charge >= 0.3 is 0 Å². The Labute approximate surface area is 123 Å². The van der Waals surface area contributed by atoms with Gasteiger partial charge in [-0.25, -0.2) is 0 Å². The minimum absolute atomic E-state index is 0.372. The molecular formula is C15H31NO4. The summed E-state index contributed by atoms with van der Waals surface area (Å²) in [5, 5.41) is 3.52. The molecule has 1 rings (SSSR count). The van der Waals surface area contributed by atoms with E-state index in [1.807, 2.05) is 0 Å². The van der Waals surface area contributed by atoms with E-state index in [9.17, 15) is 0 Å². The summed E-state index contributed by atoms with van der Waals surface area (Å²) in [5.74, 6) is 0. The van der Waals surface area contributed by atoms with Gasteiger partial charge in [-0.15, -0.1) is 0 Å². The number of rotatable bonds is 12. The van der Waals surface area contributed by atoms with Crippen LogP contribution in [0.1, 0.15) is 25.7 Å². The Hall–Kier alpha value is -0.200. The third kappa shape index (κ3) is 7.55. The van der Waals surface area contributed by atoms with E-state index in [0.717, 1.165) is 58.8 Å². The van der Waals surface area contributed by atoms with Crippen LogP contribution in [0.2, 0.25) is 0 Å². The summed E-state index contributed by atoms with van der Waals surface area (Å²) in [6, 6.07) is 0. The molecule has 20 heavy (non-hydrogen) atoms. The molecule has 0 aromatic rings. The van der Waals surface area contributed by atoms with Gasteiger partial charge in [-0.2, -0.15) is 0 Å². The zero-order valence-electron chi connectivity index (χ0n) is 13.1. The fraction of sp³-hybridized carbons (Fsp3) is 1.00. The van der Waals surface area contributed by atoms with Crippen LogP contribution in [0.15, 0.2) is 0 Å². The predicted octanol–water partition coefficient (Wildman–Crippen LogP) is 1.46. The quantitative estimate of drug-likeness (QED) is 0.551. The van der Waals surface area contributed by atoms with Crippen LogP contribution in [-0.4, -0.2) is 67.0 Å². The number of hydrogen-bond donors (Lipinski definition) is 1. The third-order valence-corrected chi connectivity index (χ3v) is 3.96. The average Bonchev–Trinajstić information content (AvgIpc) is 2.48. The maximum atomic E-state index is 5.56. The van der Waals surface area contributed by atoms with Crippen LogP contribution in [0.3, 0.4) is 0 Å². The van der Waals surface area contributed by atoms with Gasteiger partial charge in [0, 0.05) is 47.1 Å². The summed E-state index contributed by atoms with van der Waals surface area (Å²) in [4.78, 5) is 0. The standard InChI is InChI=1S/C15H31NO4/c1-17-11-7-16-14-15(5-9-20-10-6-15)4-3-8-19-13-12-18-2/h16H,3-14H2,1-2H3. The first-order chi connectivity index (χ1) is 9.83. The van der Waals surface area contributed by atoms with Gasteiger partial charge in [0.05, 0.1) is 19.8 Å². The minimum atomic E-state index is 0.372. The summed E-state index contributed by atoms with van der Waals surface area (Å²) in [6.45, 7) is 6.71. The Kier molecular flexibility index (Phi) is 10.2. The molecule has 120 valence electrons. The summed E-state index contributed by atoms with van der Waals surface area (Å²) >= 11 is 0. The molecule has 0 bridgehead atoms. The molecule has 1 N–H and O–H groups in total. The molecule has 0 amide bonds. The van der Waals surface area contributed by atoms with Gasteiger partial charge in [0.1, 0.15) is 0 Å². The van der Waals surface area contributed by atoms with Gasteiger partial charge in [-0.05, 0) is 31.1 Å². The zero-order valence-corrected chi connectivity index (χ0v) is 13.1. The number of methoxy groups -OCH3 is 2. The lowest BCUT2D eigenvalue weighted by atomic mass is 9.76. The second-order valence-electron chi connectivity index (χ2n) is 5.49. The number of hydrogen-bond acceptors (Lipinski definition) is 5. The number of ether oxygens (including phenoxy) is 4. The highest BCUT2D eigenvalue weighted by Gasteiger charge is 2.31. The SMILES string of the molecule is COCCNCC1(CCCOCCOC)CCOCC1. The van der Waals surface area contributed by atoms with Crippen LogP contribution in [-0.2, 0) is 18.9 Å². The molecule has 1 fully saturated rings. The normalized spacial score (nSPS) is 18.3. The molecule has 1 aliphatic rings. The first kappa shape index (κ1) is 17.9. The van der Waals surface area contributed by atoms with Crippen molar-refractivity contribution in [2.45, 2.75) is 25.7 Å². The molecule has 0 atom stereocenters. The second kappa shape index (κ2) is 11.5. The Bertz CT molecular complexity index is 220. The molecule has 5 nitrogen and oxygen atoms in total. The van der Waals surface area contributed by atoms with Crippen molar-refractivity contribution in [3.8, 4) is 0 Å². The van der Waals surface area contributed by atoms with Crippen molar-refractivity contribution in [1.29, 1.82) is 0 Å². The average molecular weight is 289 g/mol. The smallest absolute Gasteiger partial charge is 0.0700 e. The Morgan fingerprint density at radius 2 is 1.75 bits per heavy atom. The van der Waals surface area contributed by atoms with Gasteiger partial charge in [0.2, 0.25) is 0 Å². The van der Waals surface area contributed by atoms with Crippen molar-refractivity contribution in [3.05, 3.63) is 0 Å². The second-order valence-corrected chi connectivity index (χ2v) is 5.49. The fourth-order valence-electron chi connectivity index (χ4n) is 2.64. The van der Waals surface area contributed by atoms with Crippen LogP contribution in [0.5, 0.6) is 0 Å². The van der Waals surface area contributed by atoms with Crippen molar-refractivity contribution >= 4 is 0 Å². The van der Waals surface area contributed by atoms with E-state index in [4.69, 9.17) is 18.9 Å². The van der Waals surface area contributed by atoms with Crippen LogP contribution in [0.25, 0.3) is 0 Å². The predicted molar refractivity (Wildman–Crippen MR) is 79.2 cm³/mol. The van der Waals surface area contributed by atoms with Gasteiger partial charge in [0.15, 0.2) is 0 Å². The molecule has 0 radical (unpaired) electrons. The monoisotopic (exact) mass is 289 g/mol. The van der Waals surface area contributed by atoms with Crippen molar-refractivity contribution < 1.29 is 18.9 Å². The highest BCUT2D eigenvalue weighted by atomic mass is 16.5. The van der Waals surface area contributed by atoms with E-state index in [1.165, 1.54) is 6.42 Å². The third-order valence-electron chi connectivity index (χ3n) is 3.96. The van der Waals surface area contributed by atoms with Gasteiger partial charge in [0.25, 0.3) is 0 Å². The van der Waals surface area contributed by atoms with Crippen molar-refractivity contribution in [2.75, 3.05) is 67.0 Å². The van der Waals surface area contributed by atoms with Crippen molar-refractivity contribution in [2.24, 2.45) is 5.41 Å². The van der Waals surface area contributed by atoms with Crippen LogP contribution in [0.4, 0.5) is 0 Å². The largest absolute Gasteiger partial charge is 0.383 e. The summed E-state index contributed by atoms with van der Waals surface area (Å²) in [7, 11) is 3.44.